The fraction of sp³-hybridized carbons (Fsp3) is 0.227. The third kappa shape index (κ3) is 3.30. The van der Waals surface area contributed by atoms with E-state index in [1.165, 1.54) is 16.8 Å². The quantitative estimate of drug-likeness (QED) is 0.415. The van der Waals surface area contributed by atoms with Gasteiger partial charge in [-0.15, -0.1) is 0 Å². The lowest BCUT2D eigenvalue weighted by molar-refractivity contribution is -0.132. The molecule has 1 aliphatic rings. The Morgan fingerprint density at radius 1 is 1.23 bits per heavy atom. The number of amides is 1. The van der Waals surface area contributed by atoms with E-state index in [0.717, 1.165) is 27.4 Å². The van der Waals surface area contributed by atoms with Crippen molar-refractivity contribution in [2.75, 3.05) is 6.54 Å². The fourth-order valence-corrected chi connectivity index (χ4v) is 4.70. The molecule has 0 fully saturated rings. The molecule has 0 radical (unpaired) electrons. The van der Waals surface area contributed by atoms with E-state index in [2.05, 4.69) is 37.2 Å². The number of aryl methyl sites for hydroxylation is 1. The molecule has 1 amide bonds. The summed E-state index contributed by atoms with van der Waals surface area (Å²) >= 11 is 9.02. The summed E-state index contributed by atoms with van der Waals surface area (Å²) < 4.78 is 3.27. The number of carbonyl (C=O) groups is 1. The second kappa shape index (κ2) is 7.52. The number of hydrogen-bond donors (Lipinski definition) is 2. The van der Waals surface area contributed by atoms with Crippen molar-refractivity contribution in [3.8, 4) is 11.4 Å². The highest BCUT2D eigenvalue weighted by atomic mass is 79.9. The highest BCUT2D eigenvalue weighted by molar-refractivity contribution is 9.10. The fourth-order valence-electron chi connectivity index (χ4n) is 4.04. The van der Waals surface area contributed by atoms with E-state index in [1.54, 1.807) is 4.57 Å². The maximum absolute atomic E-state index is 13.2. The molecule has 5 rings (SSSR count). The summed E-state index contributed by atoms with van der Waals surface area (Å²) in [6, 6.07) is 14.2. The number of carbonyl (C=O) groups excluding carboxylic acids is 1. The van der Waals surface area contributed by atoms with Crippen LogP contribution >= 0.6 is 28.1 Å². The molecule has 2 N–H and O–H groups in total. The summed E-state index contributed by atoms with van der Waals surface area (Å²) in [4.78, 5) is 18.6. The molecule has 2 aromatic carbocycles. The van der Waals surface area contributed by atoms with Gasteiger partial charge in [-0.25, -0.2) is 0 Å². The number of nitrogens with one attached hydrogen (secondary N) is 2. The van der Waals surface area contributed by atoms with Crippen LogP contribution in [0.1, 0.15) is 16.8 Å². The SMILES string of the molecule is Cc1ccc(-c2n[nH]c(=S)n2CC(=O)N2CCc3[nH]c4c(Br)cccc4c3C2)cc1. The van der Waals surface area contributed by atoms with Gasteiger partial charge in [-0.05, 0) is 41.1 Å². The van der Waals surface area contributed by atoms with E-state index in [1.807, 2.05) is 48.2 Å². The Balaban J connectivity index is 1.42. The van der Waals surface area contributed by atoms with Gasteiger partial charge >= 0.3 is 0 Å². The van der Waals surface area contributed by atoms with Crippen molar-refractivity contribution in [1.29, 1.82) is 0 Å². The molecule has 0 unspecified atom stereocenters. The van der Waals surface area contributed by atoms with Gasteiger partial charge in [0.25, 0.3) is 0 Å². The van der Waals surface area contributed by atoms with Crippen LogP contribution in [0.2, 0.25) is 0 Å². The molecular formula is C22H20BrN5OS. The van der Waals surface area contributed by atoms with E-state index in [4.69, 9.17) is 12.2 Å². The summed E-state index contributed by atoms with van der Waals surface area (Å²) in [5.74, 6) is 0.720. The van der Waals surface area contributed by atoms with Crippen molar-refractivity contribution in [2.24, 2.45) is 0 Å². The minimum atomic E-state index is 0.0378. The summed E-state index contributed by atoms with van der Waals surface area (Å²) in [6.07, 6.45) is 0.809. The van der Waals surface area contributed by atoms with Gasteiger partial charge < -0.3 is 9.88 Å². The van der Waals surface area contributed by atoms with Crippen molar-refractivity contribution in [3.05, 3.63) is 68.5 Å². The van der Waals surface area contributed by atoms with Crippen molar-refractivity contribution < 1.29 is 4.79 Å². The molecule has 4 aromatic rings. The first-order chi connectivity index (χ1) is 14.5. The van der Waals surface area contributed by atoms with Crippen molar-refractivity contribution in [2.45, 2.75) is 26.4 Å². The standard InChI is InChI=1S/C22H20BrN5OS/c1-13-5-7-14(8-6-13)21-25-26-22(30)28(21)12-19(29)27-10-9-18-16(11-27)15-3-2-4-17(23)20(15)24-18/h2-8,24H,9-12H2,1H3,(H,26,30). The van der Waals surface area contributed by atoms with E-state index >= 15 is 0 Å². The Labute approximate surface area is 187 Å². The number of nitrogens with zero attached hydrogens (tertiary/aromatic N) is 3. The normalized spacial score (nSPS) is 13.6. The van der Waals surface area contributed by atoms with E-state index in [0.29, 0.717) is 23.7 Å². The summed E-state index contributed by atoms with van der Waals surface area (Å²) in [5, 5.41) is 8.36. The van der Waals surface area contributed by atoms with Gasteiger partial charge in [-0.3, -0.25) is 14.5 Å². The predicted molar refractivity (Wildman–Crippen MR) is 123 cm³/mol. The third-order valence-electron chi connectivity index (χ3n) is 5.67. The lowest BCUT2D eigenvalue weighted by Gasteiger charge is -2.27. The van der Waals surface area contributed by atoms with Crippen LogP contribution in [0.5, 0.6) is 0 Å². The largest absolute Gasteiger partial charge is 0.357 e. The minimum absolute atomic E-state index is 0.0378. The van der Waals surface area contributed by atoms with Gasteiger partial charge in [0.2, 0.25) is 5.91 Å². The number of rotatable bonds is 3. The van der Waals surface area contributed by atoms with Crippen LogP contribution in [0.25, 0.3) is 22.3 Å². The van der Waals surface area contributed by atoms with Gasteiger partial charge in [0.05, 0.1) is 5.52 Å². The Bertz CT molecular complexity index is 1320. The molecule has 30 heavy (non-hydrogen) atoms. The minimum Gasteiger partial charge on any atom is -0.357 e. The number of halogens is 1. The lowest BCUT2D eigenvalue weighted by atomic mass is 10.0. The van der Waals surface area contributed by atoms with Gasteiger partial charge in [0.15, 0.2) is 10.6 Å². The number of hydrogen-bond acceptors (Lipinski definition) is 3. The van der Waals surface area contributed by atoms with Crippen LogP contribution in [-0.2, 0) is 24.3 Å². The molecule has 0 atom stereocenters. The van der Waals surface area contributed by atoms with E-state index in [-0.39, 0.29) is 12.5 Å². The first-order valence-corrected chi connectivity index (χ1v) is 11.0. The Morgan fingerprint density at radius 3 is 2.83 bits per heavy atom. The Kier molecular flexibility index (Phi) is 4.83. The van der Waals surface area contributed by atoms with Gasteiger partial charge in [0.1, 0.15) is 6.54 Å². The molecule has 152 valence electrons. The van der Waals surface area contributed by atoms with Crippen molar-refractivity contribution in [3.63, 3.8) is 0 Å². The van der Waals surface area contributed by atoms with Crippen LogP contribution in [0.3, 0.4) is 0 Å². The predicted octanol–water partition coefficient (Wildman–Crippen LogP) is 4.74. The number of aromatic amines is 2. The lowest BCUT2D eigenvalue weighted by Crippen LogP contribution is -2.38. The van der Waals surface area contributed by atoms with Gasteiger partial charge in [0, 0.05) is 46.2 Å². The van der Waals surface area contributed by atoms with E-state index in [9.17, 15) is 4.79 Å². The van der Waals surface area contributed by atoms with Crippen LogP contribution in [0.15, 0.2) is 46.9 Å². The van der Waals surface area contributed by atoms with Gasteiger partial charge in [-0.2, -0.15) is 5.10 Å². The molecule has 0 saturated carbocycles. The zero-order valence-corrected chi connectivity index (χ0v) is 18.8. The number of H-pyrrole nitrogens is 2. The van der Waals surface area contributed by atoms with Crippen LogP contribution in [-0.4, -0.2) is 37.1 Å². The Morgan fingerprint density at radius 2 is 2.03 bits per heavy atom. The maximum Gasteiger partial charge on any atom is 0.242 e. The average Bonchev–Trinajstić information content (AvgIpc) is 3.30. The maximum atomic E-state index is 13.2. The number of fused-ring (bicyclic) bond motifs is 3. The zero-order chi connectivity index (χ0) is 20.8. The molecule has 8 heteroatoms. The second-order valence-corrected chi connectivity index (χ2v) is 8.86. The zero-order valence-electron chi connectivity index (χ0n) is 16.4. The topological polar surface area (TPSA) is 69.7 Å². The summed E-state index contributed by atoms with van der Waals surface area (Å²) in [6.45, 7) is 3.48. The molecule has 0 spiro atoms. The van der Waals surface area contributed by atoms with Crippen molar-refractivity contribution >= 4 is 45.0 Å². The number of aromatic nitrogens is 4. The highest BCUT2D eigenvalue weighted by Crippen LogP contribution is 2.32. The molecular weight excluding hydrogens is 462 g/mol. The molecule has 6 nitrogen and oxygen atoms in total. The highest BCUT2D eigenvalue weighted by Gasteiger charge is 2.25. The van der Waals surface area contributed by atoms with Crippen molar-refractivity contribution in [1.82, 2.24) is 24.6 Å². The van der Waals surface area contributed by atoms with Crippen LogP contribution < -0.4 is 0 Å². The molecule has 0 bridgehead atoms. The molecule has 1 aliphatic heterocycles. The van der Waals surface area contributed by atoms with Gasteiger partial charge in [-0.1, -0.05) is 42.0 Å². The molecule has 0 aliphatic carbocycles. The first kappa shape index (κ1) is 19.3. The third-order valence-corrected chi connectivity index (χ3v) is 6.65. The number of para-hydroxylation sites is 1. The summed E-state index contributed by atoms with van der Waals surface area (Å²) in [5.41, 5.74) is 5.60. The molecule has 3 heterocycles. The first-order valence-electron chi connectivity index (χ1n) is 9.79. The number of benzene rings is 2. The average molecular weight is 482 g/mol. The van der Waals surface area contributed by atoms with Crippen LogP contribution in [0, 0.1) is 11.7 Å². The second-order valence-electron chi connectivity index (χ2n) is 7.61. The smallest absolute Gasteiger partial charge is 0.242 e. The molecule has 2 aromatic heterocycles. The summed E-state index contributed by atoms with van der Waals surface area (Å²) in [7, 11) is 0. The van der Waals surface area contributed by atoms with Crippen LogP contribution in [0.4, 0.5) is 0 Å². The monoisotopic (exact) mass is 481 g/mol. The Hall–Kier alpha value is -2.71. The molecule has 0 saturated heterocycles. The van der Waals surface area contributed by atoms with E-state index < -0.39 is 0 Å².